The first-order chi connectivity index (χ1) is 16.4. The number of nitrogens with zero attached hydrogens (tertiary/aromatic N) is 1. The van der Waals surface area contributed by atoms with Crippen molar-refractivity contribution in [3.8, 4) is 0 Å². The molecule has 0 radical (unpaired) electrons. The Morgan fingerprint density at radius 1 is 1.12 bits per heavy atom. The van der Waals surface area contributed by atoms with Crippen LogP contribution in [0.5, 0.6) is 0 Å². The van der Waals surface area contributed by atoms with Crippen molar-refractivity contribution in [1.29, 1.82) is 0 Å². The third kappa shape index (κ3) is 5.10. The lowest BCUT2D eigenvalue weighted by molar-refractivity contribution is -0.117. The van der Waals surface area contributed by atoms with E-state index in [0.29, 0.717) is 17.3 Å². The second-order valence-electron chi connectivity index (χ2n) is 9.06. The maximum Gasteiger partial charge on any atom is 0.240 e. The maximum absolute atomic E-state index is 12.8. The number of benzene rings is 2. The molecule has 2 aromatic carbocycles. The van der Waals surface area contributed by atoms with E-state index in [1.165, 1.54) is 0 Å². The Kier molecular flexibility index (Phi) is 6.57. The molecule has 1 aromatic heterocycles. The number of hydrogen-bond donors (Lipinski definition) is 3. The summed E-state index contributed by atoms with van der Waals surface area (Å²) in [5.41, 5.74) is 1.66. The van der Waals surface area contributed by atoms with E-state index in [-0.39, 0.29) is 28.7 Å². The predicted molar refractivity (Wildman–Crippen MR) is 134 cm³/mol. The Hall–Kier alpha value is -2.52. The van der Waals surface area contributed by atoms with Crippen molar-refractivity contribution in [2.24, 2.45) is 5.92 Å². The van der Waals surface area contributed by atoms with Crippen molar-refractivity contribution in [3.05, 3.63) is 65.4 Å². The number of anilines is 1. The van der Waals surface area contributed by atoms with E-state index < -0.39 is 10.0 Å². The summed E-state index contributed by atoms with van der Waals surface area (Å²) in [7, 11) is -3.56. The molecular weight excluding hydrogens is 472 g/mol. The van der Waals surface area contributed by atoms with Gasteiger partial charge in [0.05, 0.1) is 9.92 Å². The summed E-state index contributed by atoms with van der Waals surface area (Å²) in [6.07, 6.45) is 7.29. The number of hydrogen-bond acceptors (Lipinski definition) is 5. The van der Waals surface area contributed by atoms with Crippen molar-refractivity contribution >= 4 is 44.0 Å². The molecule has 2 fully saturated rings. The van der Waals surface area contributed by atoms with Gasteiger partial charge in [-0.2, -0.15) is 0 Å². The van der Waals surface area contributed by atoms with Crippen molar-refractivity contribution in [3.63, 3.8) is 0 Å². The van der Waals surface area contributed by atoms with Crippen molar-refractivity contribution < 1.29 is 13.2 Å². The van der Waals surface area contributed by atoms with E-state index >= 15 is 0 Å². The Morgan fingerprint density at radius 2 is 1.94 bits per heavy atom. The van der Waals surface area contributed by atoms with Gasteiger partial charge in [0.1, 0.15) is 0 Å². The molecule has 2 heterocycles. The molecule has 1 amide bonds. The molecule has 0 bridgehead atoms. The Balaban J connectivity index is 1.19. The highest BCUT2D eigenvalue weighted by molar-refractivity contribution is 7.89. The summed E-state index contributed by atoms with van der Waals surface area (Å²) < 4.78 is 28.0. The van der Waals surface area contributed by atoms with Gasteiger partial charge in [0.2, 0.25) is 15.9 Å². The summed E-state index contributed by atoms with van der Waals surface area (Å²) in [5, 5.41) is 8.61. The molecule has 7 nitrogen and oxygen atoms in total. The minimum atomic E-state index is -3.56. The first-order valence-corrected chi connectivity index (χ1v) is 13.4. The van der Waals surface area contributed by atoms with Gasteiger partial charge < -0.3 is 10.6 Å². The van der Waals surface area contributed by atoms with Gasteiger partial charge in [-0.25, -0.2) is 13.1 Å². The minimum Gasteiger partial charge on any atom is -0.326 e. The average Bonchev–Trinajstić information content (AvgIpc) is 3.65. The highest BCUT2D eigenvalue weighted by Gasteiger charge is 2.44. The van der Waals surface area contributed by atoms with Gasteiger partial charge in [0.15, 0.2) is 0 Å². The molecule has 34 heavy (non-hydrogen) atoms. The molecule has 1 saturated heterocycles. The van der Waals surface area contributed by atoms with E-state index in [2.05, 4.69) is 20.3 Å². The van der Waals surface area contributed by atoms with Gasteiger partial charge in [0.25, 0.3) is 0 Å². The Labute approximate surface area is 204 Å². The lowest BCUT2D eigenvalue weighted by Gasteiger charge is -2.23. The van der Waals surface area contributed by atoms with Crippen molar-refractivity contribution in [2.45, 2.75) is 42.5 Å². The quantitative estimate of drug-likeness (QED) is 0.456. The highest BCUT2D eigenvalue weighted by Crippen LogP contribution is 2.48. The number of aromatic nitrogens is 1. The molecule has 1 aliphatic carbocycles. The standard InChI is InChI=1S/C25H27ClN4O3S/c26-24-15-27-13-17-4-7-18(11-22(17)24)30-25(31)23-12-21(23)16-5-8-20(9-6-16)34(32,33)29-14-19-3-1-2-10-28-19/h4-9,11,13,15,19,21,23,28-29H,1-3,10,12,14H2,(H,30,31)/t19?,21?,23-/m1/s1. The molecule has 2 unspecified atom stereocenters. The zero-order valence-electron chi connectivity index (χ0n) is 18.6. The number of fused-ring (bicyclic) bond motifs is 1. The smallest absolute Gasteiger partial charge is 0.240 e. The van der Waals surface area contributed by atoms with Crippen LogP contribution >= 0.6 is 11.6 Å². The van der Waals surface area contributed by atoms with Gasteiger partial charge in [-0.3, -0.25) is 9.78 Å². The lowest BCUT2D eigenvalue weighted by atomic mass is 10.1. The van der Waals surface area contributed by atoms with Crippen LogP contribution in [0.3, 0.4) is 0 Å². The van der Waals surface area contributed by atoms with Gasteiger partial charge >= 0.3 is 0 Å². The van der Waals surface area contributed by atoms with Crippen LogP contribution in [0.1, 0.15) is 37.2 Å². The molecule has 178 valence electrons. The second-order valence-corrected chi connectivity index (χ2v) is 11.2. The van der Waals surface area contributed by atoms with Crippen LogP contribution in [0.15, 0.2) is 59.8 Å². The topological polar surface area (TPSA) is 100 Å². The lowest BCUT2D eigenvalue weighted by Crippen LogP contribution is -2.43. The van der Waals surface area contributed by atoms with Gasteiger partial charge in [-0.05, 0) is 61.6 Å². The molecule has 3 N–H and O–H groups in total. The monoisotopic (exact) mass is 498 g/mol. The Morgan fingerprint density at radius 3 is 2.71 bits per heavy atom. The molecule has 3 atom stereocenters. The number of carbonyl (C=O) groups is 1. The van der Waals surface area contributed by atoms with Crippen molar-refractivity contribution in [1.82, 2.24) is 15.0 Å². The van der Waals surface area contributed by atoms with E-state index in [1.807, 2.05) is 30.3 Å². The molecule has 1 aliphatic heterocycles. The molecular formula is C25H27ClN4O3S. The van der Waals surface area contributed by atoms with Gasteiger partial charge in [-0.1, -0.05) is 36.2 Å². The molecule has 1 saturated carbocycles. The summed E-state index contributed by atoms with van der Waals surface area (Å²) in [5.74, 6) is -0.0983. The molecule has 2 aliphatic rings. The van der Waals surface area contributed by atoms with Crippen LogP contribution in [0.2, 0.25) is 5.02 Å². The predicted octanol–water partition coefficient (Wildman–Crippen LogP) is 4.05. The number of sulfonamides is 1. The summed E-state index contributed by atoms with van der Waals surface area (Å²) in [4.78, 5) is 17.1. The second kappa shape index (κ2) is 9.62. The first-order valence-electron chi connectivity index (χ1n) is 11.6. The minimum absolute atomic E-state index is 0.0483. The number of amides is 1. The fourth-order valence-electron chi connectivity index (χ4n) is 4.58. The molecule has 3 aromatic rings. The van der Waals surface area contributed by atoms with Crippen LogP contribution < -0.4 is 15.4 Å². The maximum atomic E-state index is 12.8. The normalized spacial score (nSPS) is 22.4. The third-order valence-corrected chi connectivity index (χ3v) is 8.40. The van der Waals surface area contributed by atoms with Crippen LogP contribution in [0.25, 0.3) is 10.8 Å². The number of nitrogens with one attached hydrogen (secondary N) is 3. The van der Waals surface area contributed by atoms with E-state index in [9.17, 15) is 13.2 Å². The molecule has 9 heteroatoms. The average molecular weight is 499 g/mol. The van der Waals surface area contributed by atoms with E-state index in [1.54, 1.807) is 24.5 Å². The summed E-state index contributed by atoms with van der Waals surface area (Å²) in [6.45, 7) is 1.33. The van der Waals surface area contributed by atoms with Crippen LogP contribution in [-0.2, 0) is 14.8 Å². The van der Waals surface area contributed by atoms with Crippen LogP contribution in [-0.4, -0.2) is 38.4 Å². The molecule has 5 rings (SSSR count). The van der Waals surface area contributed by atoms with Gasteiger partial charge in [0, 0.05) is 47.4 Å². The number of piperidine rings is 1. The zero-order chi connectivity index (χ0) is 23.7. The van der Waals surface area contributed by atoms with Crippen molar-refractivity contribution in [2.75, 3.05) is 18.4 Å². The summed E-state index contributed by atoms with van der Waals surface area (Å²) in [6, 6.07) is 12.6. The van der Waals surface area contributed by atoms with Crippen LogP contribution in [0.4, 0.5) is 5.69 Å². The first kappa shape index (κ1) is 23.2. The zero-order valence-corrected chi connectivity index (χ0v) is 20.2. The molecule has 0 spiro atoms. The van der Waals surface area contributed by atoms with E-state index in [4.69, 9.17) is 11.6 Å². The van der Waals surface area contributed by atoms with Gasteiger partial charge in [-0.15, -0.1) is 0 Å². The SMILES string of the molecule is O=C(Nc1ccc2cncc(Cl)c2c1)[C@@H]1CC1c1ccc(S(=O)(=O)NCC2CCCCN2)cc1. The highest BCUT2D eigenvalue weighted by atomic mass is 35.5. The summed E-state index contributed by atoms with van der Waals surface area (Å²) >= 11 is 6.22. The third-order valence-electron chi connectivity index (χ3n) is 6.66. The number of rotatable bonds is 7. The fourth-order valence-corrected chi connectivity index (χ4v) is 5.88. The number of pyridine rings is 1. The fraction of sp³-hybridized carbons (Fsp3) is 0.360. The number of halogens is 1. The van der Waals surface area contributed by atoms with E-state index in [0.717, 1.165) is 48.6 Å². The number of carbonyl (C=O) groups excluding carboxylic acids is 1. The Bertz CT molecular complexity index is 1310. The van der Waals surface area contributed by atoms with Crippen LogP contribution in [0, 0.1) is 5.92 Å². The largest absolute Gasteiger partial charge is 0.326 e.